The van der Waals surface area contributed by atoms with Crippen LogP contribution in [0.15, 0.2) is 77.2 Å². The van der Waals surface area contributed by atoms with Crippen LogP contribution < -0.4 is 5.32 Å². The Morgan fingerprint density at radius 2 is 1.50 bits per heavy atom. The Morgan fingerprint density at radius 3 is 2.17 bits per heavy atom. The van der Waals surface area contributed by atoms with Crippen molar-refractivity contribution in [2.24, 2.45) is 10.2 Å². The first-order valence-electron chi connectivity index (χ1n) is 8.64. The summed E-state index contributed by atoms with van der Waals surface area (Å²) in [6.45, 7) is 0. The zero-order chi connectivity index (χ0) is 21.1. The minimum atomic E-state index is 0.312. The maximum atomic E-state index is 6.74. The van der Waals surface area contributed by atoms with E-state index >= 15 is 0 Å². The number of nitrogens with one attached hydrogen (secondary N) is 1. The topological polar surface area (TPSA) is 49.6 Å². The average Bonchev–Trinajstić information content (AvgIpc) is 3.03. The van der Waals surface area contributed by atoms with Crippen molar-refractivity contribution in [3.8, 4) is 11.1 Å². The highest BCUT2D eigenvalue weighted by atomic mass is 35.5. The van der Waals surface area contributed by atoms with Crippen molar-refractivity contribution in [1.82, 2.24) is 4.98 Å². The zero-order valence-corrected chi connectivity index (χ0v) is 19.0. The van der Waals surface area contributed by atoms with Crippen LogP contribution in [0.4, 0.5) is 21.4 Å². The smallest absolute Gasteiger partial charge is 0.150 e. The van der Waals surface area contributed by atoms with Crippen LogP contribution in [0.1, 0.15) is 0 Å². The third-order valence-electron chi connectivity index (χ3n) is 4.05. The standard InChI is InChI=1S/C21H12Cl4N4S/c22-13-10-15(23)19(16(24)11-13)28-29-20-17(12-6-8-26-9-7-12)18(25)21(30-20)27-14-4-2-1-3-5-14/h1-11,27H. The summed E-state index contributed by atoms with van der Waals surface area (Å²) in [5, 5.41) is 15.0. The van der Waals surface area contributed by atoms with Gasteiger partial charge >= 0.3 is 0 Å². The molecule has 4 aromatic rings. The Morgan fingerprint density at radius 1 is 0.833 bits per heavy atom. The molecule has 0 unspecified atom stereocenters. The molecule has 4 nitrogen and oxygen atoms in total. The van der Waals surface area contributed by atoms with E-state index in [9.17, 15) is 0 Å². The van der Waals surface area contributed by atoms with Gasteiger partial charge in [0.05, 0.1) is 15.1 Å². The fourth-order valence-corrected chi connectivity index (χ4v) is 4.97. The van der Waals surface area contributed by atoms with E-state index in [1.165, 1.54) is 11.3 Å². The number of aromatic nitrogens is 1. The molecule has 2 aromatic heterocycles. The molecule has 0 spiro atoms. The Hall–Kier alpha value is -2.15. The number of para-hydroxylation sites is 1. The van der Waals surface area contributed by atoms with Crippen LogP contribution in [0.2, 0.25) is 20.1 Å². The van der Waals surface area contributed by atoms with Gasteiger partial charge in [0.25, 0.3) is 0 Å². The molecule has 0 bridgehead atoms. The highest BCUT2D eigenvalue weighted by Crippen LogP contribution is 2.50. The minimum Gasteiger partial charge on any atom is -0.346 e. The van der Waals surface area contributed by atoms with E-state index in [-0.39, 0.29) is 0 Å². The Balaban J connectivity index is 1.79. The number of benzene rings is 2. The molecule has 1 N–H and O–H groups in total. The lowest BCUT2D eigenvalue weighted by Gasteiger charge is -2.04. The van der Waals surface area contributed by atoms with Crippen molar-refractivity contribution >= 4 is 79.1 Å². The van der Waals surface area contributed by atoms with Crippen LogP contribution in [0, 0.1) is 0 Å². The largest absolute Gasteiger partial charge is 0.346 e. The van der Waals surface area contributed by atoms with Gasteiger partial charge < -0.3 is 5.32 Å². The SMILES string of the molecule is Clc1cc(Cl)c(N=Nc2sc(Nc3ccccc3)c(Cl)c2-c2ccncc2)c(Cl)c1. The number of rotatable bonds is 5. The van der Waals surface area contributed by atoms with E-state index < -0.39 is 0 Å². The van der Waals surface area contributed by atoms with Gasteiger partial charge in [-0.05, 0) is 42.0 Å². The molecule has 0 aliphatic heterocycles. The van der Waals surface area contributed by atoms with Crippen LogP contribution in [0.3, 0.4) is 0 Å². The van der Waals surface area contributed by atoms with Gasteiger partial charge in [0, 0.05) is 28.7 Å². The third kappa shape index (κ3) is 4.61. The first-order valence-corrected chi connectivity index (χ1v) is 11.0. The summed E-state index contributed by atoms with van der Waals surface area (Å²) in [6.07, 6.45) is 3.39. The predicted octanol–water partition coefficient (Wildman–Crippen LogP) is 9.58. The van der Waals surface area contributed by atoms with E-state index in [1.54, 1.807) is 24.5 Å². The van der Waals surface area contributed by atoms with Gasteiger partial charge in [-0.15, -0.1) is 10.2 Å². The van der Waals surface area contributed by atoms with Crippen LogP contribution in [-0.4, -0.2) is 4.98 Å². The summed E-state index contributed by atoms with van der Waals surface area (Å²) in [5.74, 6) is 0. The number of nitrogens with zero attached hydrogens (tertiary/aromatic N) is 3. The van der Waals surface area contributed by atoms with Crippen LogP contribution in [0.5, 0.6) is 0 Å². The molecule has 0 aliphatic carbocycles. The number of pyridine rings is 1. The molecule has 2 heterocycles. The van der Waals surface area contributed by atoms with Crippen molar-refractivity contribution in [3.05, 3.63) is 87.1 Å². The Kier molecular flexibility index (Phi) is 6.56. The second-order valence-electron chi connectivity index (χ2n) is 6.07. The van der Waals surface area contributed by atoms with Crippen molar-refractivity contribution in [2.45, 2.75) is 0 Å². The van der Waals surface area contributed by atoms with Gasteiger partial charge in [-0.1, -0.05) is 75.9 Å². The van der Waals surface area contributed by atoms with E-state index in [0.29, 0.717) is 30.8 Å². The highest BCUT2D eigenvalue weighted by Gasteiger charge is 2.19. The maximum Gasteiger partial charge on any atom is 0.150 e. The quantitative estimate of drug-likeness (QED) is 0.281. The zero-order valence-electron chi connectivity index (χ0n) is 15.1. The number of hydrogen-bond acceptors (Lipinski definition) is 5. The molecule has 150 valence electrons. The van der Waals surface area contributed by atoms with Gasteiger partial charge in [0.2, 0.25) is 0 Å². The van der Waals surface area contributed by atoms with Crippen LogP contribution in [0.25, 0.3) is 11.1 Å². The van der Waals surface area contributed by atoms with Crippen molar-refractivity contribution in [3.63, 3.8) is 0 Å². The number of hydrogen-bond donors (Lipinski definition) is 1. The lowest BCUT2D eigenvalue weighted by Crippen LogP contribution is -1.87. The molecule has 0 saturated carbocycles. The fraction of sp³-hybridized carbons (Fsp3) is 0. The highest BCUT2D eigenvalue weighted by molar-refractivity contribution is 7.21. The van der Waals surface area contributed by atoms with Gasteiger partial charge in [-0.2, -0.15) is 0 Å². The maximum absolute atomic E-state index is 6.74. The first-order chi connectivity index (χ1) is 14.5. The molecule has 2 aromatic carbocycles. The fourth-order valence-electron chi connectivity index (χ4n) is 2.70. The molecule has 0 radical (unpaired) electrons. The monoisotopic (exact) mass is 492 g/mol. The summed E-state index contributed by atoms with van der Waals surface area (Å²) in [4.78, 5) is 4.07. The van der Waals surface area contributed by atoms with E-state index in [0.717, 1.165) is 21.8 Å². The molecule has 30 heavy (non-hydrogen) atoms. The number of thiophene rings is 1. The van der Waals surface area contributed by atoms with Crippen molar-refractivity contribution < 1.29 is 0 Å². The first kappa shape index (κ1) is 21.1. The molecule has 0 aliphatic rings. The molecule has 0 fully saturated rings. The lowest BCUT2D eigenvalue weighted by atomic mass is 10.1. The third-order valence-corrected chi connectivity index (χ3v) is 6.33. The minimum absolute atomic E-state index is 0.312. The normalized spacial score (nSPS) is 11.2. The molecular formula is C21H12Cl4N4S. The average molecular weight is 494 g/mol. The molecule has 0 saturated heterocycles. The molecule has 0 amide bonds. The van der Waals surface area contributed by atoms with Gasteiger partial charge in [0.15, 0.2) is 0 Å². The Bertz CT molecular complexity index is 1190. The van der Waals surface area contributed by atoms with E-state index in [2.05, 4.69) is 20.5 Å². The second-order valence-corrected chi connectivity index (χ2v) is 8.70. The summed E-state index contributed by atoms with van der Waals surface area (Å²) in [7, 11) is 0. The van der Waals surface area contributed by atoms with E-state index in [4.69, 9.17) is 46.4 Å². The summed E-state index contributed by atoms with van der Waals surface area (Å²) < 4.78 is 0. The van der Waals surface area contributed by atoms with Crippen LogP contribution >= 0.6 is 57.7 Å². The van der Waals surface area contributed by atoms with Gasteiger partial charge in [-0.3, -0.25) is 4.98 Å². The summed E-state index contributed by atoms with van der Waals surface area (Å²) in [5.41, 5.74) is 2.86. The number of halogens is 4. The number of azo groups is 1. The predicted molar refractivity (Wildman–Crippen MR) is 128 cm³/mol. The lowest BCUT2D eigenvalue weighted by molar-refractivity contribution is 1.25. The Labute approximate surface area is 197 Å². The van der Waals surface area contributed by atoms with E-state index in [1.807, 2.05) is 42.5 Å². The van der Waals surface area contributed by atoms with Crippen molar-refractivity contribution in [2.75, 3.05) is 5.32 Å². The number of anilines is 2. The van der Waals surface area contributed by atoms with Crippen LogP contribution in [-0.2, 0) is 0 Å². The summed E-state index contributed by atoms with van der Waals surface area (Å²) in [6, 6.07) is 16.6. The molecule has 4 rings (SSSR count). The summed E-state index contributed by atoms with van der Waals surface area (Å²) >= 11 is 26.6. The van der Waals surface area contributed by atoms with Gasteiger partial charge in [-0.25, -0.2) is 0 Å². The van der Waals surface area contributed by atoms with Gasteiger partial charge in [0.1, 0.15) is 15.7 Å². The molecular weight excluding hydrogens is 482 g/mol. The van der Waals surface area contributed by atoms with Crippen molar-refractivity contribution in [1.29, 1.82) is 0 Å². The molecule has 9 heteroatoms. The second kappa shape index (κ2) is 9.33. The molecule has 0 atom stereocenters.